The van der Waals surface area contributed by atoms with E-state index in [2.05, 4.69) is 0 Å². The summed E-state index contributed by atoms with van der Waals surface area (Å²) in [6.45, 7) is 0. The van der Waals surface area contributed by atoms with Gasteiger partial charge in [0, 0.05) is 4.88 Å². The third-order valence-electron chi connectivity index (χ3n) is 3.25. The second-order valence-electron chi connectivity index (χ2n) is 4.88. The van der Waals surface area contributed by atoms with E-state index in [1.807, 2.05) is 42.5 Å². The van der Waals surface area contributed by atoms with Gasteiger partial charge in [0.05, 0.1) is 15.8 Å². The summed E-state index contributed by atoms with van der Waals surface area (Å²) in [6, 6.07) is 17.1. The molecule has 108 valence electrons. The van der Waals surface area contributed by atoms with E-state index in [1.54, 1.807) is 12.1 Å². The Hall–Kier alpha value is -1.36. The van der Waals surface area contributed by atoms with Crippen LogP contribution in [0.25, 0.3) is 10.8 Å². The van der Waals surface area contributed by atoms with Crippen molar-refractivity contribution in [2.45, 2.75) is 11.5 Å². The van der Waals surface area contributed by atoms with Gasteiger partial charge in [-0.2, -0.15) is 0 Å². The molecule has 0 radical (unpaired) electrons. The van der Waals surface area contributed by atoms with Crippen LogP contribution in [0.1, 0.15) is 10.4 Å². The summed E-state index contributed by atoms with van der Waals surface area (Å²) in [5.74, 6) is 0.0808. The number of hydrogen-bond donors (Lipinski definition) is 0. The first-order valence-electron chi connectivity index (χ1n) is 6.45. The van der Waals surface area contributed by atoms with Crippen molar-refractivity contribution in [3.63, 3.8) is 0 Å². The van der Waals surface area contributed by atoms with Crippen molar-refractivity contribution in [3.8, 4) is 0 Å². The average Bonchev–Trinajstić information content (AvgIpc) is 2.83. The molecular formula is C16H13ClO2S2. The Balaban J connectivity index is 1.90. The van der Waals surface area contributed by atoms with Crippen molar-refractivity contribution >= 4 is 43.5 Å². The van der Waals surface area contributed by atoms with E-state index in [1.165, 1.54) is 11.3 Å². The SMILES string of the molecule is O=S(=O)(Cc1ccc(Cl)s1)Cc1cccc2ccccc12. The van der Waals surface area contributed by atoms with Gasteiger partial charge in [0.2, 0.25) is 0 Å². The third kappa shape index (κ3) is 3.46. The summed E-state index contributed by atoms with van der Waals surface area (Å²) in [6.07, 6.45) is 0. The van der Waals surface area contributed by atoms with Gasteiger partial charge in [-0.1, -0.05) is 54.1 Å². The van der Waals surface area contributed by atoms with Gasteiger partial charge in [0.1, 0.15) is 0 Å². The smallest absolute Gasteiger partial charge is 0.159 e. The molecule has 0 bridgehead atoms. The van der Waals surface area contributed by atoms with Crippen LogP contribution in [0.15, 0.2) is 54.6 Å². The third-order valence-corrected chi connectivity index (χ3v) is 6.16. The van der Waals surface area contributed by atoms with E-state index in [4.69, 9.17) is 11.6 Å². The summed E-state index contributed by atoms with van der Waals surface area (Å²) < 4.78 is 25.4. The lowest BCUT2D eigenvalue weighted by molar-refractivity contribution is 0.595. The summed E-state index contributed by atoms with van der Waals surface area (Å²) in [5.41, 5.74) is 0.843. The van der Waals surface area contributed by atoms with E-state index < -0.39 is 9.84 Å². The maximum atomic E-state index is 12.4. The quantitative estimate of drug-likeness (QED) is 0.693. The van der Waals surface area contributed by atoms with Crippen LogP contribution >= 0.6 is 22.9 Å². The molecule has 3 aromatic rings. The molecule has 0 aliphatic rings. The monoisotopic (exact) mass is 336 g/mol. The molecule has 3 rings (SSSR count). The minimum Gasteiger partial charge on any atom is -0.228 e. The van der Waals surface area contributed by atoms with Gasteiger partial charge >= 0.3 is 0 Å². The summed E-state index contributed by atoms with van der Waals surface area (Å²) >= 11 is 7.17. The standard InChI is InChI=1S/C16H13ClO2S2/c17-16-9-8-14(20-16)11-21(18,19)10-13-6-3-5-12-4-1-2-7-15(12)13/h1-9H,10-11H2. The van der Waals surface area contributed by atoms with Crippen LogP contribution in [0.5, 0.6) is 0 Å². The molecule has 0 atom stereocenters. The van der Waals surface area contributed by atoms with Crippen molar-refractivity contribution in [1.82, 2.24) is 0 Å². The molecule has 0 unspecified atom stereocenters. The van der Waals surface area contributed by atoms with E-state index >= 15 is 0 Å². The molecule has 2 nitrogen and oxygen atoms in total. The zero-order chi connectivity index (χ0) is 14.9. The molecule has 1 heterocycles. The van der Waals surface area contributed by atoms with Gasteiger partial charge in [-0.15, -0.1) is 11.3 Å². The largest absolute Gasteiger partial charge is 0.228 e. The Morgan fingerprint density at radius 2 is 1.67 bits per heavy atom. The summed E-state index contributed by atoms with van der Waals surface area (Å²) in [4.78, 5) is 0.778. The van der Waals surface area contributed by atoms with E-state index in [-0.39, 0.29) is 11.5 Å². The maximum absolute atomic E-state index is 12.4. The molecule has 0 saturated carbocycles. The van der Waals surface area contributed by atoms with Gasteiger partial charge in [-0.3, -0.25) is 0 Å². The van der Waals surface area contributed by atoms with Crippen LogP contribution in [0.2, 0.25) is 4.34 Å². The Bertz CT molecular complexity index is 877. The predicted molar refractivity (Wildman–Crippen MR) is 89.6 cm³/mol. The molecule has 5 heteroatoms. The lowest BCUT2D eigenvalue weighted by Gasteiger charge is -2.07. The Labute approximate surface area is 132 Å². The fraction of sp³-hybridized carbons (Fsp3) is 0.125. The van der Waals surface area contributed by atoms with Gasteiger partial charge in [0.25, 0.3) is 0 Å². The second kappa shape index (κ2) is 5.79. The fourth-order valence-corrected chi connectivity index (χ4v) is 5.37. The molecule has 0 saturated heterocycles. The molecule has 0 spiro atoms. The fourth-order valence-electron chi connectivity index (χ4n) is 2.35. The number of rotatable bonds is 4. The minimum atomic E-state index is -3.21. The Morgan fingerprint density at radius 3 is 2.43 bits per heavy atom. The van der Waals surface area contributed by atoms with Crippen molar-refractivity contribution in [2.24, 2.45) is 0 Å². The molecule has 0 amide bonds. The highest BCUT2D eigenvalue weighted by molar-refractivity contribution is 7.90. The first-order chi connectivity index (χ1) is 10.0. The highest BCUT2D eigenvalue weighted by atomic mass is 35.5. The highest BCUT2D eigenvalue weighted by Crippen LogP contribution is 2.26. The number of hydrogen-bond acceptors (Lipinski definition) is 3. The molecule has 1 aromatic heterocycles. The van der Waals surface area contributed by atoms with Crippen LogP contribution in [-0.2, 0) is 21.3 Å². The van der Waals surface area contributed by atoms with Crippen molar-refractivity contribution in [1.29, 1.82) is 0 Å². The second-order valence-corrected chi connectivity index (χ2v) is 8.74. The van der Waals surface area contributed by atoms with Crippen LogP contribution in [0.3, 0.4) is 0 Å². The lowest BCUT2D eigenvalue weighted by Crippen LogP contribution is -2.07. The molecule has 21 heavy (non-hydrogen) atoms. The lowest BCUT2D eigenvalue weighted by atomic mass is 10.1. The van der Waals surface area contributed by atoms with Gasteiger partial charge in [0.15, 0.2) is 9.84 Å². The van der Waals surface area contributed by atoms with Crippen LogP contribution in [0, 0.1) is 0 Å². The van der Waals surface area contributed by atoms with Crippen molar-refractivity contribution < 1.29 is 8.42 Å². The molecule has 0 fully saturated rings. The average molecular weight is 337 g/mol. The normalized spacial score (nSPS) is 11.9. The minimum absolute atomic E-state index is 0.0353. The number of benzene rings is 2. The van der Waals surface area contributed by atoms with E-state index in [0.29, 0.717) is 4.34 Å². The number of halogens is 1. The van der Waals surface area contributed by atoms with Crippen LogP contribution in [-0.4, -0.2) is 8.42 Å². The van der Waals surface area contributed by atoms with Crippen LogP contribution < -0.4 is 0 Å². The molecule has 0 aliphatic carbocycles. The topological polar surface area (TPSA) is 34.1 Å². The summed E-state index contributed by atoms with van der Waals surface area (Å²) in [5, 5.41) is 2.05. The van der Waals surface area contributed by atoms with Crippen LogP contribution in [0.4, 0.5) is 0 Å². The number of thiophene rings is 1. The molecule has 0 aliphatic heterocycles. The first kappa shape index (κ1) is 14.6. The molecule has 0 N–H and O–H groups in total. The first-order valence-corrected chi connectivity index (χ1v) is 9.46. The summed E-state index contributed by atoms with van der Waals surface area (Å²) in [7, 11) is -3.21. The zero-order valence-corrected chi connectivity index (χ0v) is 13.5. The van der Waals surface area contributed by atoms with Crippen molar-refractivity contribution in [3.05, 3.63) is 69.4 Å². The van der Waals surface area contributed by atoms with E-state index in [0.717, 1.165) is 21.2 Å². The van der Waals surface area contributed by atoms with Crippen molar-refractivity contribution in [2.75, 3.05) is 0 Å². The van der Waals surface area contributed by atoms with E-state index in [9.17, 15) is 8.42 Å². The predicted octanol–water partition coefficient (Wildman–Crippen LogP) is 4.67. The number of fused-ring (bicyclic) bond motifs is 1. The highest BCUT2D eigenvalue weighted by Gasteiger charge is 2.16. The zero-order valence-electron chi connectivity index (χ0n) is 11.1. The number of sulfone groups is 1. The Kier molecular flexibility index (Phi) is 4.02. The Morgan fingerprint density at radius 1 is 0.905 bits per heavy atom. The molecular weight excluding hydrogens is 324 g/mol. The molecule has 2 aromatic carbocycles. The maximum Gasteiger partial charge on any atom is 0.159 e. The van der Waals surface area contributed by atoms with Gasteiger partial charge in [-0.25, -0.2) is 8.42 Å². The van der Waals surface area contributed by atoms with Gasteiger partial charge in [-0.05, 0) is 28.5 Å². The van der Waals surface area contributed by atoms with Gasteiger partial charge < -0.3 is 0 Å².